The first-order valence-electron chi connectivity index (χ1n) is 4.79. The van der Waals surface area contributed by atoms with Gasteiger partial charge in [-0.25, -0.2) is 4.39 Å². The molecule has 1 rings (SSSR count). The Balaban J connectivity index is 2.30. The quantitative estimate of drug-likeness (QED) is 0.797. The van der Waals surface area contributed by atoms with Gasteiger partial charge in [-0.3, -0.25) is 4.79 Å². The molecule has 2 N–H and O–H groups in total. The molecule has 0 saturated heterocycles. The molecule has 0 aliphatic rings. The molecule has 1 atom stereocenters. The molecule has 0 saturated carbocycles. The van der Waals surface area contributed by atoms with Crippen molar-refractivity contribution in [1.29, 1.82) is 0 Å². The van der Waals surface area contributed by atoms with Crippen LogP contribution in [-0.2, 0) is 15.3 Å². The lowest BCUT2D eigenvalue weighted by Gasteiger charge is -2.08. The van der Waals surface area contributed by atoms with E-state index in [1.54, 1.807) is 12.1 Å². The molecule has 88 valence electrons. The molecule has 16 heavy (non-hydrogen) atoms. The van der Waals surface area contributed by atoms with E-state index < -0.39 is 12.0 Å². The summed E-state index contributed by atoms with van der Waals surface area (Å²) in [5.41, 5.74) is 6.56. The summed E-state index contributed by atoms with van der Waals surface area (Å²) in [5, 5.41) is 0. The van der Waals surface area contributed by atoms with Gasteiger partial charge in [0, 0.05) is 11.5 Å². The predicted octanol–water partition coefficient (Wildman–Crippen LogP) is 1.56. The Morgan fingerprint density at radius 2 is 2.12 bits per heavy atom. The Morgan fingerprint density at radius 1 is 1.50 bits per heavy atom. The summed E-state index contributed by atoms with van der Waals surface area (Å²) in [4.78, 5) is 11.0. The van der Waals surface area contributed by atoms with Crippen LogP contribution in [-0.4, -0.2) is 24.9 Å². The fraction of sp³-hybridized carbons (Fsp3) is 0.364. The van der Waals surface area contributed by atoms with Crippen molar-refractivity contribution in [2.45, 2.75) is 11.8 Å². The summed E-state index contributed by atoms with van der Waals surface area (Å²) in [6, 6.07) is 5.65. The lowest BCUT2D eigenvalue weighted by molar-refractivity contribution is -0.141. The van der Waals surface area contributed by atoms with Crippen LogP contribution in [0.3, 0.4) is 0 Å². The number of thioether (sulfide) groups is 1. The van der Waals surface area contributed by atoms with Gasteiger partial charge in [0.05, 0.1) is 7.11 Å². The number of hydrogen-bond acceptors (Lipinski definition) is 4. The fourth-order valence-electron chi connectivity index (χ4n) is 1.10. The third-order valence-electron chi connectivity index (χ3n) is 1.98. The summed E-state index contributed by atoms with van der Waals surface area (Å²) >= 11 is 1.52. The molecule has 1 aromatic rings. The number of nitrogens with two attached hydrogens (primary N) is 1. The molecule has 0 bridgehead atoms. The standard InChI is InChI=1S/C11H14FNO2S/c1-15-11(14)10(13)7-16-6-8-2-4-9(12)5-3-8/h2-5,10H,6-7,13H2,1H3. The molecule has 0 spiro atoms. The number of hydrogen-bond donors (Lipinski definition) is 1. The summed E-state index contributed by atoms with van der Waals surface area (Å²) in [6.07, 6.45) is 0. The molecule has 5 heteroatoms. The average molecular weight is 243 g/mol. The number of rotatable bonds is 5. The molecule has 0 radical (unpaired) electrons. The highest BCUT2D eigenvalue weighted by Crippen LogP contribution is 2.13. The van der Waals surface area contributed by atoms with E-state index >= 15 is 0 Å². The van der Waals surface area contributed by atoms with E-state index in [9.17, 15) is 9.18 Å². The molecule has 0 amide bonds. The van der Waals surface area contributed by atoms with Gasteiger partial charge in [-0.15, -0.1) is 0 Å². The van der Waals surface area contributed by atoms with Crippen molar-refractivity contribution in [1.82, 2.24) is 0 Å². The molecule has 1 aromatic carbocycles. The van der Waals surface area contributed by atoms with E-state index in [0.29, 0.717) is 11.5 Å². The lowest BCUT2D eigenvalue weighted by Crippen LogP contribution is -2.33. The molecule has 0 fully saturated rings. The highest BCUT2D eigenvalue weighted by atomic mass is 32.2. The second kappa shape index (κ2) is 6.50. The van der Waals surface area contributed by atoms with Gasteiger partial charge < -0.3 is 10.5 Å². The van der Waals surface area contributed by atoms with Crippen LogP contribution in [0.1, 0.15) is 5.56 Å². The SMILES string of the molecule is COC(=O)C(N)CSCc1ccc(F)cc1. The number of esters is 1. The minimum Gasteiger partial charge on any atom is -0.468 e. The number of halogens is 1. The monoisotopic (exact) mass is 243 g/mol. The Kier molecular flexibility index (Phi) is 5.28. The maximum atomic E-state index is 12.6. The molecule has 1 unspecified atom stereocenters. The minimum absolute atomic E-state index is 0.250. The van der Waals surface area contributed by atoms with Gasteiger partial charge in [0.1, 0.15) is 11.9 Å². The summed E-state index contributed by atoms with van der Waals surface area (Å²) in [6.45, 7) is 0. The maximum absolute atomic E-state index is 12.6. The first-order chi connectivity index (χ1) is 7.63. The van der Waals surface area contributed by atoms with Crippen LogP contribution in [0.15, 0.2) is 24.3 Å². The Bertz CT molecular complexity index is 342. The Hall–Kier alpha value is -1.07. The fourth-order valence-corrected chi connectivity index (χ4v) is 2.04. The number of methoxy groups -OCH3 is 1. The smallest absolute Gasteiger partial charge is 0.323 e. The van der Waals surface area contributed by atoms with E-state index in [1.165, 1.54) is 31.0 Å². The van der Waals surface area contributed by atoms with E-state index in [0.717, 1.165) is 5.56 Å². The van der Waals surface area contributed by atoms with Gasteiger partial charge in [-0.1, -0.05) is 12.1 Å². The zero-order valence-electron chi connectivity index (χ0n) is 8.98. The predicted molar refractivity (Wildman–Crippen MR) is 62.6 cm³/mol. The van der Waals surface area contributed by atoms with Crippen LogP contribution in [0.2, 0.25) is 0 Å². The third-order valence-corrected chi connectivity index (χ3v) is 3.12. The zero-order valence-corrected chi connectivity index (χ0v) is 9.80. The first-order valence-corrected chi connectivity index (χ1v) is 5.94. The van der Waals surface area contributed by atoms with Gasteiger partial charge >= 0.3 is 5.97 Å². The van der Waals surface area contributed by atoms with Crippen LogP contribution >= 0.6 is 11.8 Å². The van der Waals surface area contributed by atoms with Crippen molar-refractivity contribution < 1.29 is 13.9 Å². The normalized spacial score (nSPS) is 12.2. The van der Waals surface area contributed by atoms with Crippen LogP contribution in [0.25, 0.3) is 0 Å². The molecule has 0 aliphatic heterocycles. The molecule has 3 nitrogen and oxygen atoms in total. The van der Waals surface area contributed by atoms with Gasteiger partial charge in [0.25, 0.3) is 0 Å². The van der Waals surface area contributed by atoms with E-state index in [2.05, 4.69) is 4.74 Å². The Labute approximate surface area is 98.2 Å². The molecule has 0 aromatic heterocycles. The van der Waals surface area contributed by atoms with Crippen molar-refractivity contribution in [3.63, 3.8) is 0 Å². The van der Waals surface area contributed by atoms with Crippen molar-refractivity contribution in [3.8, 4) is 0 Å². The molecular weight excluding hydrogens is 229 g/mol. The topological polar surface area (TPSA) is 52.3 Å². The highest BCUT2D eigenvalue weighted by Gasteiger charge is 2.12. The number of carbonyl (C=O) groups excluding carboxylic acids is 1. The van der Waals surface area contributed by atoms with Crippen LogP contribution in [0.5, 0.6) is 0 Å². The zero-order chi connectivity index (χ0) is 12.0. The van der Waals surface area contributed by atoms with Crippen molar-refractivity contribution >= 4 is 17.7 Å². The van der Waals surface area contributed by atoms with Crippen molar-refractivity contribution in [3.05, 3.63) is 35.6 Å². The first kappa shape index (κ1) is 13.0. The Morgan fingerprint density at radius 3 is 2.69 bits per heavy atom. The molecule has 0 heterocycles. The summed E-state index contributed by atoms with van der Waals surface area (Å²) < 4.78 is 17.1. The highest BCUT2D eigenvalue weighted by molar-refractivity contribution is 7.98. The van der Waals surface area contributed by atoms with Crippen LogP contribution in [0.4, 0.5) is 4.39 Å². The average Bonchev–Trinajstić information content (AvgIpc) is 2.30. The van der Waals surface area contributed by atoms with E-state index in [4.69, 9.17) is 5.73 Å². The largest absolute Gasteiger partial charge is 0.468 e. The second-order valence-corrected chi connectivity index (χ2v) is 4.30. The lowest BCUT2D eigenvalue weighted by atomic mass is 10.2. The van der Waals surface area contributed by atoms with Gasteiger partial charge in [0.2, 0.25) is 0 Å². The maximum Gasteiger partial charge on any atom is 0.323 e. The summed E-state index contributed by atoms with van der Waals surface area (Å²) in [7, 11) is 1.31. The van der Waals surface area contributed by atoms with E-state index in [1.807, 2.05) is 0 Å². The summed E-state index contributed by atoms with van der Waals surface area (Å²) in [5.74, 6) is 0.529. The minimum atomic E-state index is -0.601. The van der Waals surface area contributed by atoms with Crippen LogP contribution < -0.4 is 5.73 Å². The molecule has 0 aliphatic carbocycles. The van der Waals surface area contributed by atoms with Gasteiger partial charge in [-0.2, -0.15) is 11.8 Å². The van der Waals surface area contributed by atoms with Crippen molar-refractivity contribution in [2.24, 2.45) is 5.73 Å². The van der Waals surface area contributed by atoms with Crippen molar-refractivity contribution in [2.75, 3.05) is 12.9 Å². The van der Waals surface area contributed by atoms with E-state index in [-0.39, 0.29) is 5.82 Å². The number of ether oxygens (including phenoxy) is 1. The third kappa shape index (κ3) is 4.20. The second-order valence-electron chi connectivity index (χ2n) is 3.27. The number of carbonyl (C=O) groups is 1. The molecular formula is C11H14FNO2S. The van der Waals surface area contributed by atoms with Gasteiger partial charge in [-0.05, 0) is 17.7 Å². The van der Waals surface area contributed by atoms with Gasteiger partial charge in [0.15, 0.2) is 0 Å². The van der Waals surface area contributed by atoms with Crippen LogP contribution in [0, 0.1) is 5.82 Å². The number of benzene rings is 1.